The first-order valence-corrected chi connectivity index (χ1v) is 6.89. The SMILES string of the molecule is Nc1ccc(-c2nc(-c3ccsc3)no2)cc1Br. The van der Waals surface area contributed by atoms with Crippen LogP contribution in [-0.2, 0) is 0 Å². The van der Waals surface area contributed by atoms with E-state index in [0.717, 1.165) is 15.6 Å². The maximum atomic E-state index is 5.74. The Hall–Kier alpha value is -1.66. The molecule has 0 amide bonds. The normalized spacial score (nSPS) is 10.7. The van der Waals surface area contributed by atoms with E-state index in [-0.39, 0.29) is 0 Å². The van der Waals surface area contributed by atoms with Gasteiger partial charge in [-0.2, -0.15) is 16.3 Å². The Morgan fingerprint density at radius 2 is 2.11 bits per heavy atom. The molecule has 2 N–H and O–H groups in total. The van der Waals surface area contributed by atoms with Gasteiger partial charge >= 0.3 is 0 Å². The van der Waals surface area contributed by atoms with E-state index in [4.69, 9.17) is 10.3 Å². The number of benzene rings is 1. The molecule has 0 aliphatic carbocycles. The van der Waals surface area contributed by atoms with Gasteiger partial charge in [0.25, 0.3) is 5.89 Å². The van der Waals surface area contributed by atoms with Crippen molar-refractivity contribution in [2.24, 2.45) is 0 Å². The standard InChI is InChI=1S/C12H8BrN3OS/c13-9-5-7(1-2-10(9)14)12-15-11(16-17-12)8-3-4-18-6-8/h1-6H,14H2. The van der Waals surface area contributed by atoms with Crippen molar-refractivity contribution in [1.29, 1.82) is 0 Å². The van der Waals surface area contributed by atoms with Crippen molar-refractivity contribution in [1.82, 2.24) is 10.1 Å². The third-order valence-corrected chi connectivity index (χ3v) is 3.82. The van der Waals surface area contributed by atoms with Crippen molar-refractivity contribution in [2.45, 2.75) is 0 Å². The predicted octanol–water partition coefficient (Wildman–Crippen LogP) is 3.81. The third-order valence-electron chi connectivity index (χ3n) is 2.45. The quantitative estimate of drug-likeness (QED) is 0.729. The van der Waals surface area contributed by atoms with E-state index in [2.05, 4.69) is 26.1 Å². The molecule has 0 atom stereocenters. The number of nitrogens with zero attached hydrogens (tertiary/aromatic N) is 2. The van der Waals surface area contributed by atoms with Gasteiger partial charge in [-0.3, -0.25) is 0 Å². The second kappa shape index (κ2) is 4.55. The van der Waals surface area contributed by atoms with Crippen LogP contribution in [0.4, 0.5) is 5.69 Å². The molecule has 0 saturated carbocycles. The highest BCUT2D eigenvalue weighted by atomic mass is 79.9. The summed E-state index contributed by atoms with van der Waals surface area (Å²) in [5, 5.41) is 7.92. The number of nitrogen functional groups attached to an aromatic ring is 1. The highest BCUT2D eigenvalue weighted by molar-refractivity contribution is 9.10. The number of rotatable bonds is 2. The predicted molar refractivity (Wildman–Crippen MR) is 75.2 cm³/mol. The minimum atomic E-state index is 0.483. The lowest BCUT2D eigenvalue weighted by Crippen LogP contribution is -1.87. The first-order valence-electron chi connectivity index (χ1n) is 5.16. The van der Waals surface area contributed by atoms with Gasteiger partial charge in [-0.05, 0) is 45.6 Å². The smallest absolute Gasteiger partial charge is 0.258 e. The summed E-state index contributed by atoms with van der Waals surface area (Å²) in [6.07, 6.45) is 0. The fraction of sp³-hybridized carbons (Fsp3) is 0. The van der Waals surface area contributed by atoms with Crippen LogP contribution in [0.15, 0.2) is 44.0 Å². The second-order valence-electron chi connectivity index (χ2n) is 3.67. The van der Waals surface area contributed by atoms with Gasteiger partial charge in [0.05, 0.1) is 0 Å². The Bertz CT molecular complexity index is 678. The molecule has 0 aliphatic heterocycles. The van der Waals surface area contributed by atoms with Crippen molar-refractivity contribution >= 4 is 33.0 Å². The Balaban J connectivity index is 2.00. The average Bonchev–Trinajstić information content (AvgIpc) is 3.01. The van der Waals surface area contributed by atoms with Gasteiger partial charge in [-0.15, -0.1) is 0 Å². The van der Waals surface area contributed by atoms with Gasteiger partial charge in [0, 0.05) is 26.7 Å². The van der Waals surface area contributed by atoms with Crippen LogP contribution in [0.2, 0.25) is 0 Å². The number of thiophene rings is 1. The van der Waals surface area contributed by atoms with Gasteiger partial charge in [0.15, 0.2) is 0 Å². The highest BCUT2D eigenvalue weighted by Gasteiger charge is 2.11. The number of hydrogen-bond acceptors (Lipinski definition) is 5. The van der Waals surface area contributed by atoms with Gasteiger partial charge in [0.2, 0.25) is 5.82 Å². The minimum Gasteiger partial charge on any atom is -0.398 e. The molecule has 3 aromatic rings. The molecule has 3 rings (SSSR count). The summed E-state index contributed by atoms with van der Waals surface area (Å²) in [7, 11) is 0. The van der Waals surface area contributed by atoms with E-state index in [1.54, 1.807) is 17.4 Å². The third kappa shape index (κ3) is 2.04. The number of anilines is 1. The zero-order valence-corrected chi connectivity index (χ0v) is 11.5. The summed E-state index contributed by atoms with van der Waals surface area (Å²) in [4.78, 5) is 4.36. The number of nitrogens with two attached hydrogens (primary N) is 1. The van der Waals surface area contributed by atoms with E-state index in [1.165, 1.54) is 0 Å². The molecule has 0 spiro atoms. The van der Waals surface area contributed by atoms with Crippen molar-refractivity contribution < 1.29 is 4.52 Å². The van der Waals surface area contributed by atoms with Crippen LogP contribution in [0.25, 0.3) is 22.8 Å². The minimum absolute atomic E-state index is 0.483. The molecule has 6 heteroatoms. The van der Waals surface area contributed by atoms with Crippen molar-refractivity contribution in [3.8, 4) is 22.8 Å². The molecule has 0 unspecified atom stereocenters. The van der Waals surface area contributed by atoms with E-state index >= 15 is 0 Å². The van der Waals surface area contributed by atoms with E-state index in [1.807, 2.05) is 29.0 Å². The van der Waals surface area contributed by atoms with Gasteiger partial charge in [-0.25, -0.2) is 0 Å². The molecule has 4 nitrogen and oxygen atoms in total. The zero-order chi connectivity index (χ0) is 12.5. The topological polar surface area (TPSA) is 64.9 Å². The van der Waals surface area contributed by atoms with Crippen molar-refractivity contribution in [3.05, 3.63) is 39.5 Å². The molecule has 0 radical (unpaired) electrons. The fourth-order valence-corrected chi connectivity index (χ4v) is 2.52. The summed E-state index contributed by atoms with van der Waals surface area (Å²) in [6.45, 7) is 0. The maximum absolute atomic E-state index is 5.74. The number of halogens is 1. The monoisotopic (exact) mass is 321 g/mol. The summed E-state index contributed by atoms with van der Waals surface area (Å²) in [5.74, 6) is 1.08. The Morgan fingerprint density at radius 3 is 2.83 bits per heavy atom. The number of hydrogen-bond donors (Lipinski definition) is 1. The summed E-state index contributed by atoms with van der Waals surface area (Å²) in [6, 6.07) is 7.47. The van der Waals surface area contributed by atoms with Crippen LogP contribution in [0.3, 0.4) is 0 Å². The van der Waals surface area contributed by atoms with Gasteiger partial charge in [0.1, 0.15) is 0 Å². The Morgan fingerprint density at radius 1 is 1.22 bits per heavy atom. The van der Waals surface area contributed by atoms with Crippen LogP contribution < -0.4 is 5.73 Å². The molecule has 0 bridgehead atoms. The lowest BCUT2D eigenvalue weighted by Gasteiger charge is -1.98. The van der Waals surface area contributed by atoms with E-state index in [0.29, 0.717) is 17.4 Å². The van der Waals surface area contributed by atoms with Crippen LogP contribution in [0.5, 0.6) is 0 Å². The largest absolute Gasteiger partial charge is 0.398 e. The summed E-state index contributed by atoms with van der Waals surface area (Å²) in [5.41, 5.74) is 8.21. The van der Waals surface area contributed by atoms with E-state index < -0.39 is 0 Å². The zero-order valence-electron chi connectivity index (χ0n) is 9.13. The second-order valence-corrected chi connectivity index (χ2v) is 5.31. The molecule has 0 fully saturated rings. The molecular weight excluding hydrogens is 314 g/mol. The highest BCUT2D eigenvalue weighted by Crippen LogP contribution is 2.28. The molecule has 2 aromatic heterocycles. The van der Waals surface area contributed by atoms with Crippen LogP contribution >= 0.6 is 27.3 Å². The molecule has 2 heterocycles. The average molecular weight is 322 g/mol. The van der Waals surface area contributed by atoms with Crippen LogP contribution in [-0.4, -0.2) is 10.1 Å². The summed E-state index contributed by atoms with van der Waals surface area (Å²) >= 11 is 4.97. The molecule has 0 aliphatic rings. The van der Waals surface area contributed by atoms with Crippen molar-refractivity contribution in [2.75, 3.05) is 5.73 Å². The van der Waals surface area contributed by atoms with Crippen LogP contribution in [0.1, 0.15) is 0 Å². The van der Waals surface area contributed by atoms with Gasteiger partial charge in [-0.1, -0.05) is 5.16 Å². The van der Waals surface area contributed by atoms with Crippen molar-refractivity contribution in [3.63, 3.8) is 0 Å². The number of aromatic nitrogens is 2. The Kier molecular flexibility index (Phi) is 2.89. The molecule has 1 aromatic carbocycles. The first kappa shape index (κ1) is 11.4. The first-order chi connectivity index (χ1) is 8.74. The molecule has 0 saturated heterocycles. The van der Waals surface area contributed by atoms with Gasteiger partial charge < -0.3 is 10.3 Å². The lowest BCUT2D eigenvalue weighted by atomic mass is 10.2. The summed E-state index contributed by atoms with van der Waals surface area (Å²) < 4.78 is 6.07. The molecular formula is C12H8BrN3OS. The Labute approximate surface area is 116 Å². The maximum Gasteiger partial charge on any atom is 0.258 e. The van der Waals surface area contributed by atoms with E-state index in [9.17, 15) is 0 Å². The van der Waals surface area contributed by atoms with Crippen LogP contribution in [0, 0.1) is 0 Å². The molecule has 18 heavy (non-hydrogen) atoms. The fourth-order valence-electron chi connectivity index (χ4n) is 1.51. The lowest BCUT2D eigenvalue weighted by molar-refractivity contribution is 0.432. The molecule has 90 valence electrons.